The van der Waals surface area contributed by atoms with Gasteiger partial charge in [-0.15, -0.1) is 10.2 Å². The van der Waals surface area contributed by atoms with Crippen LogP contribution in [0.25, 0.3) is 5.65 Å². The van der Waals surface area contributed by atoms with Crippen molar-refractivity contribution in [2.75, 3.05) is 12.4 Å². The van der Waals surface area contributed by atoms with E-state index in [4.69, 9.17) is 4.74 Å². The minimum absolute atomic E-state index is 0.229. The molecule has 130 valence electrons. The number of rotatable bonds is 6. The number of aromatic nitrogens is 3. The summed E-state index contributed by atoms with van der Waals surface area (Å²) in [5, 5.41) is 14.2. The first-order chi connectivity index (χ1) is 12.2. The van der Waals surface area contributed by atoms with Gasteiger partial charge in [-0.25, -0.2) is 4.79 Å². The number of urea groups is 1. The Morgan fingerprint density at radius 1 is 1.24 bits per heavy atom. The summed E-state index contributed by atoms with van der Waals surface area (Å²) < 4.78 is 7.06. The smallest absolute Gasteiger partial charge is 0.319 e. The van der Waals surface area contributed by atoms with Crippen LogP contribution in [0.15, 0.2) is 48.7 Å². The fraction of sp³-hybridized carbons (Fsp3) is 0.278. The highest BCUT2D eigenvalue weighted by atomic mass is 16.5. The van der Waals surface area contributed by atoms with Crippen molar-refractivity contribution in [2.45, 2.75) is 25.8 Å². The summed E-state index contributed by atoms with van der Waals surface area (Å²) in [5.41, 5.74) is 1.42. The maximum absolute atomic E-state index is 12.4. The molecule has 3 rings (SSSR count). The standard InChI is InChI=1S/C18H21N5O2/c1-3-7-15(17-22-21-16-10-4-5-11-23(16)17)20-18(24)19-13-8-6-9-14(12-13)25-2/h4-6,8-12,15H,3,7H2,1-2H3,(H2,19,20,24)/t15-/m1/s1. The van der Waals surface area contributed by atoms with Gasteiger partial charge in [-0.3, -0.25) is 4.40 Å². The second kappa shape index (κ2) is 7.65. The number of pyridine rings is 1. The number of hydrogen-bond acceptors (Lipinski definition) is 4. The van der Waals surface area contributed by atoms with Gasteiger partial charge in [-0.2, -0.15) is 0 Å². The molecule has 0 radical (unpaired) electrons. The molecule has 2 heterocycles. The van der Waals surface area contributed by atoms with Crippen molar-refractivity contribution in [3.8, 4) is 5.75 Å². The summed E-state index contributed by atoms with van der Waals surface area (Å²) in [6.45, 7) is 2.07. The number of benzene rings is 1. The van der Waals surface area contributed by atoms with Crippen LogP contribution in [0.1, 0.15) is 31.6 Å². The van der Waals surface area contributed by atoms with E-state index in [2.05, 4.69) is 27.8 Å². The van der Waals surface area contributed by atoms with Crippen LogP contribution in [0.5, 0.6) is 5.75 Å². The minimum Gasteiger partial charge on any atom is -0.497 e. The highest BCUT2D eigenvalue weighted by molar-refractivity contribution is 5.89. The molecular weight excluding hydrogens is 318 g/mol. The molecule has 0 aliphatic heterocycles. The minimum atomic E-state index is -0.292. The van der Waals surface area contributed by atoms with Crippen LogP contribution >= 0.6 is 0 Å². The predicted octanol–water partition coefficient (Wildman–Crippen LogP) is 3.40. The molecule has 0 unspecified atom stereocenters. The van der Waals surface area contributed by atoms with E-state index >= 15 is 0 Å². The molecule has 2 N–H and O–H groups in total. The Hall–Kier alpha value is -3.09. The predicted molar refractivity (Wildman–Crippen MR) is 95.8 cm³/mol. The van der Waals surface area contributed by atoms with E-state index in [-0.39, 0.29) is 12.1 Å². The maximum atomic E-state index is 12.4. The van der Waals surface area contributed by atoms with Crippen LogP contribution in [0.4, 0.5) is 10.5 Å². The largest absolute Gasteiger partial charge is 0.497 e. The topological polar surface area (TPSA) is 80.5 Å². The summed E-state index contributed by atoms with van der Waals surface area (Å²) in [7, 11) is 1.59. The lowest BCUT2D eigenvalue weighted by Crippen LogP contribution is -2.33. The van der Waals surface area contributed by atoms with Gasteiger partial charge in [0.1, 0.15) is 5.75 Å². The van der Waals surface area contributed by atoms with Crippen molar-refractivity contribution in [2.24, 2.45) is 0 Å². The molecule has 3 aromatic rings. The molecule has 0 saturated carbocycles. The molecule has 1 aromatic carbocycles. The van der Waals surface area contributed by atoms with Crippen LogP contribution in [-0.4, -0.2) is 27.7 Å². The van der Waals surface area contributed by atoms with E-state index in [9.17, 15) is 4.79 Å². The van der Waals surface area contributed by atoms with E-state index in [1.165, 1.54) is 0 Å². The zero-order valence-corrected chi connectivity index (χ0v) is 14.3. The number of amides is 2. The average Bonchev–Trinajstić information content (AvgIpc) is 3.05. The van der Waals surface area contributed by atoms with Gasteiger partial charge < -0.3 is 15.4 Å². The molecule has 0 aliphatic rings. The third-order valence-electron chi connectivity index (χ3n) is 3.86. The number of carbonyl (C=O) groups is 1. The Morgan fingerprint density at radius 3 is 2.92 bits per heavy atom. The van der Waals surface area contributed by atoms with Gasteiger partial charge in [0.05, 0.1) is 13.2 Å². The second-order valence-corrected chi connectivity index (χ2v) is 5.66. The van der Waals surface area contributed by atoms with Crippen molar-refractivity contribution < 1.29 is 9.53 Å². The summed E-state index contributed by atoms with van der Waals surface area (Å²) in [5.74, 6) is 1.41. The van der Waals surface area contributed by atoms with E-state index in [0.717, 1.165) is 24.3 Å². The number of nitrogens with one attached hydrogen (secondary N) is 2. The van der Waals surface area contributed by atoms with Crippen LogP contribution in [-0.2, 0) is 0 Å². The molecule has 2 amide bonds. The van der Waals surface area contributed by atoms with Gasteiger partial charge in [0.15, 0.2) is 11.5 Å². The highest BCUT2D eigenvalue weighted by Crippen LogP contribution is 2.19. The Bertz CT molecular complexity index is 861. The SMILES string of the molecule is CCC[C@@H](NC(=O)Nc1cccc(OC)c1)c1nnc2ccccn12. The number of ether oxygens (including phenoxy) is 1. The summed E-state index contributed by atoms with van der Waals surface area (Å²) >= 11 is 0. The van der Waals surface area contributed by atoms with Crippen LogP contribution < -0.4 is 15.4 Å². The zero-order valence-electron chi connectivity index (χ0n) is 14.3. The van der Waals surface area contributed by atoms with Gasteiger partial charge in [-0.1, -0.05) is 25.5 Å². The Labute approximate surface area is 146 Å². The fourth-order valence-corrected chi connectivity index (χ4v) is 2.68. The molecule has 7 nitrogen and oxygen atoms in total. The quantitative estimate of drug-likeness (QED) is 0.721. The monoisotopic (exact) mass is 339 g/mol. The Morgan fingerprint density at radius 2 is 2.12 bits per heavy atom. The van der Waals surface area contributed by atoms with Crippen molar-refractivity contribution in [3.05, 3.63) is 54.5 Å². The van der Waals surface area contributed by atoms with Crippen molar-refractivity contribution in [1.29, 1.82) is 0 Å². The van der Waals surface area contributed by atoms with Gasteiger partial charge >= 0.3 is 6.03 Å². The lowest BCUT2D eigenvalue weighted by atomic mass is 10.1. The molecule has 0 fully saturated rings. The van der Waals surface area contributed by atoms with Gasteiger partial charge in [0.25, 0.3) is 0 Å². The molecule has 7 heteroatoms. The number of nitrogens with zero attached hydrogens (tertiary/aromatic N) is 3. The maximum Gasteiger partial charge on any atom is 0.319 e. The van der Waals surface area contributed by atoms with E-state index in [1.807, 2.05) is 47.0 Å². The Kier molecular flexibility index (Phi) is 5.13. The number of methoxy groups -OCH3 is 1. The lowest BCUT2D eigenvalue weighted by Gasteiger charge is -2.17. The molecule has 2 aromatic heterocycles. The zero-order chi connectivity index (χ0) is 17.6. The lowest BCUT2D eigenvalue weighted by molar-refractivity contribution is 0.247. The number of hydrogen-bond donors (Lipinski definition) is 2. The highest BCUT2D eigenvalue weighted by Gasteiger charge is 2.19. The number of fused-ring (bicyclic) bond motifs is 1. The normalized spacial score (nSPS) is 11.9. The molecule has 1 atom stereocenters. The average molecular weight is 339 g/mol. The van der Waals surface area contributed by atoms with Gasteiger partial charge in [0, 0.05) is 18.0 Å². The van der Waals surface area contributed by atoms with E-state index < -0.39 is 0 Å². The first-order valence-corrected chi connectivity index (χ1v) is 8.22. The van der Waals surface area contributed by atoms with Gasteiger partial charge in [0.2, 0.25) is 0 Å². The van der Waals surface area contributed by atoms with Crippen molar-refractivity contribution in [1.82, 2.24) is 19.9 Å². The molecule has 0 aliphatic carbocycles. The van der Waals surface area contributed by atoms with Crippen LogP contribution in [0, 0.1) is 0 Å². The Balaban J connectivity index is 1.76. The first kappa shape index (κ1) is 16.8. The van der Waals surface area contributed by atoms with E-state index in [0.29, 0.717) is 11.4 Å². The number of carbonyl (C=O) groups excluding carboxylic acids is 1. The molecule has 25 heavy (non-hydrogen) atoms. The van der Waals surface area contributed by atoms with Crippen LogP contribution in [0.3, 0.4) is 0 Å². The first-order valence-electron chi connectivity index (χ1n) is 8.22. The summed E-state index contributed by atoms with van der Waals surface area (Å²) in [4.78, 5) is 12.4. The van der Waals surface area contributed by atoms with Crippen molar-refractivity contribution in [3.63, 3.8) is 0 Å². The fourth-order valence-electron chi connectivity index (χ4n) is 2.68. The number of anilines is 1. The summed E-state index contributed by atoms with van der Waals surface area (Å²) in [6, 6.07) is 12.4. The molecular formula is C18H21N5O2. The summed E-state index contributed by atoms with van der Waals surface area (Å²) in [6.07, 6.45) is 3.57. The molecule has 0 saturated heterocycles. The third-order valence-corrected chi connectivity index (χ3v) is 3.86. The van der Waals surface area contributed by atoms with Gasteiger partial charge in [-0.05, 0) is 30.7 Å². The third kappa shape index (κ3) is 3.88. The van der Waals surface area contributed by atoms with Crippen LogP contribution in [0.2, 0.25) is 0 Å². The second-order valence-electron chi connectivity index (χ2n) is 5.66. The molecule has 0 bridgehead atoms. The van der Waals surface area contributed by atoms with Crippen molar-refractivity contribution >= 4 is 17.4 Å². The molecule has 0 spiro atoms. The van der Waals surface area contributed by atoms with E-state index in [1.54, 1.807) is 13.2 Å².